The van der Waals surface area contributed by atoms with Crippen LogP contribution in [0.25, 0.3) is 22.6 Å². The van der Waals surface area contributed by atoms with Crippen LogP contribution in [0.3, 0.4) is 0 Å². The van der Waals surface area contributed by atoms with Crippen LogP contribution >= 0.6 is 0 Å². The zero-order chi connectivity index (χ0) is 29.5. The molecule has 13 nitrogen and oxygen atoms in total. The predicted molar refractivity (Wildman–Crippen MR) is 152 cm³/mol. The van der Waals surface area contributed by atoms with Gasteiger partial charge in [0.1, 0.15) is 11.2 Å². The highest BCUT2D eigenvalue weighted by Crippen LogP contribution is 2.34. The number of aryl methyl sites for hydroxylation is 1. The molecule has 4 heterocycles. The molecule has 41 heavy (non-hydrogen) atoms. The highest BCUT2D eigenvalue weighted by Gasteiger charge is 2.35. The summed E-state index contributed by atoms with van der Waals surface area (Å²) in [6.45, 7) is 15.5. The summed E-state index contributed by atoms with van der Waals surface area (Å²) < 4.78 is 18.6. The van der Waals surface area contributed by atoms with Gasteiger partial charge in [-0.2, -0.15) is 0 Å². The third-order valence-electron chi connectivity index (χ3n) is 6.47. The second-order valence-electron chi connectivity index (χ2n) is 12.4. The summed E-state index contributed by atoms with van der Waals surface area (Å²) in [7, 11) is 0. The van der Waals surface area contributed by atoms with Crippen molar-refractivity contribution in [3.8, 4) is 11.4 Å². The van der Waals surface area contributed by atoms with Crippen molar-refractivity contribution in [2.45, 2.75) is 79.1 Å². The van der Waals surface area contributed by atoms with Gasteiger partial charge in [-0.3, -0.25) is 0 Å². The number of morpholine rings is 1. The largest absolute Gasteiger partial charge is 0.443 e. The number of nitrogens with zero attached hydrogens (tertiary/aromatic N) is 8. The SMILES string of the molecule is Cc1nc(N(C(=O)OC(C)(C)C)C(=O)OC(C)(C)C)ncc1-c1nc(N2CCOCC2)c2ncn(CC3CC3)c2n1. The molecule has 2 fully saturated rings. The van der Waals surface area contributed by atoms with E-state index < -0.39 is 23.4 Å². The van der Waals surface area contributed by atoms with E-state index in [1.165, 1.54) is 19.0 Å². The first-order chi connectivity index (χ1) is 19.3. The Morgan fingerprint density at radius 2 is 1.61 bits per heavy atom. The van der Waals surface area contributed by atoms with Crippen molar-refractivity contribution in [1.29, 1.82) is 0 Å². The smallest absolute Gasteiger partial charge is 0.427 e. The Bertz CT molecular complexity index is 1420. The van der Waals surface area contributed by atoms with E-state index in [-0.39, 0.29) is 5.95 Å². The molecule has 0 radical (unpaired) electrons. The van der Waals surface area contributed by atoms with Gasteiger partial charge in [-0.25, -0.2) is 34.5 Å². The van der Waals surface area contributed by atoms with Crippen molar-refractivity contribution < 1.29 is 23.8 Å². The molecule has 1 aliphatic carbocycles. The first-order valence-corrected chi connectivity index (χ1v) is 13.9. The quantitative estimate of drug-likeness (QED) is 0.431. The Hall–Kier alpha value is -3.87. The number of hydrogen-bond acceptors (Lipinski definition) is 11. The summed E-state index contributed by atoms with van der Waals surface area (Å²) in [4.78, 5) is 52.4. The van der Waals surface area contributed by atoms with Crippen LogP contribution in [0.4, 0.5) is 21.4 Å². The average Bonchev–Trinajstić information content (AvgIpc) is 3.60. The number of fused-ring (bicyclic) bond motifs is 1. The maximum Gasteiger partial charge on any atom is 0.427 e. The van der Waals surface area contributed by atoms with Crippen molar-refractivity contribution in [3.05, 3.63) is 18.2 Å². The number of anilines is 2. The van der Waals surface area contributed by atoms with Crippen molar-refractivity contribution >= 4 is 35.1 Å². The van der Waals surface area contributed by atoms with Gasteiger partial charge < -0.3 is 23.7 Å². The lowest BCUT2D eigenvalue weighted by Crippen LogP contribution is -2.44. The van der Waals surface area contributed by atoms with E-state index in [1.54, 1.807) is 48.5 Å². The Kier molecular flexibility index (Phi) is 7.58. The maximum atomic E-state index is 13.1. The Morgan fingerprint density at radius 3 is 2.17 bits per heavy atom. The molecule has 5 rings (SSSR count). The number of carbonyl (C=O) groups is 2. The predicted octanol–water partition coefficient (Wildman–Crippen LogP) is 4.51. The van der Waals surface area contributed by atoms with Crippen LogP contribution in [0.1, 0.15) is 60.1 Å². The van der Waals surface area contributed by atoms with Gasteiger partial charge in [-0.05, 0) is 67.2 Å². The molecule has 3 aromatic heterocycles. The van der Waals surface area contributed by atoms with Crippen LogP contribution in [0.2, 0.25) is 0 Å². The van der Waals surface area contributed by atoms with Crippen LogP contribution in [0.15, 0.2) is 12.5 Å². The number of aromatic nitrogens is 6. The minimum Gasteiger partial charge on any atom is -0.443 e. The molecule has 2 aliphatic rings. The van der Waals surface area contributed by atoms with Crippen molar-refractivity contribution in [1.82, 2.24) is 29.5 Å². The molecule has 1 aliphatic heterocycles. The summed E-state index contributed by atoms with van der Waals surface area (Å²) in [5, 5.41) is 0. The van der Waals surface area contributed by atoms with Gasteiger partial charge in [0.15, 0.2) is 22.8 Å². The number of ether oxygens (including phenoxy) is 3. The van der Waals surface area contributed by atoms with Crippen LogP contribution in [0.5, 0.6) is 0 Å². The second kappa shape index (κ2) is 10.8. The highest BCUT2D eigenvalue weighted by atomic mass is 16.6. The second-order valence-corrected chi connectivity index (χ2v) is 12.4. The molecule has 0 unspecified atom stereocenters. The summed E-state index contributed by atoms with van der Waals surface area (Å²) in [6.07, 6.45) is 3.88. The van der Waals surface area contributed by atoms with Gasteiger partial charge in [-0.1, -0.05) is 0 Å². The lowest BCUT2D eigenvalue weighted by molar-refractivity contribution is 0.0427. The van der Waals surface area contributed by atoms with E-state index in [0.29, 0.717) is 54.2 Å². The monoisotopic (exact) mass is 566 g/mol. The van der Waals surface area contributed by atoms with E-state index in [2.05, 4.69) is 24.4 Å². The fourth-order valence-electron chi connectivity index (χ4n) is 4.39. The molecular formula is C28H38N8O5. The van der Waals surface area contributed by atoms with E-state index >= 15 is 0 Å². The zero-order valence-electron chi connectivity index (χ0n) is 24.8. The van der Waals surface area contributed by atoms with Crippen molar-refractivity contribution in [3.63, 3.8) is 0 Å². The molecule has 3 aromatic rings. The maximum absolute atomic E-state index is 13.1. The Morgan fingerprint density at radius 1 is 0.976 bits per heavy atom. The molecule has 0 atom stereocenters. The van der Waals surface area contributed by atoms with Crippen molar-refractivity contribution in [2.75, 3.05) is 36.1 Å². The molecule has 13 heteroatoms. The van der Waals surface area contributed by atoms with Gasteiger partial charge >= 0.3 is 12.2 Å². The lowest BCUT2D eigenvalue weighted by Gasteiger charge is -2.28. The minimum absolute atomic E-state index is 0.164. The standard InChI is InChI=1S/C28H38N8O5/c1-17-19(14-29-24(31-17)36(25(37)40-27(2,3)4)26(38)41-28(5,6)7)21-32-22(34-10-12-39-13-11-34)20-23(33-21)35(16-30-20)15-18-8-9-18/h14,16,18H,8-13,15H2,1-7H3. The fourth-order valence-corrected chi connectivity index (χ4v) is 4.39. The van der Waals surface area contributed by atoms with Gasteiger partial charge in [0.2, 0.25) is 5.95 Å². The van der Waals surface area contributed by atoms with Crippen LogP contribution in [0, 0.1) is 12.8 Å². The van der Waals surface area contributed by atoms with Gasteiger partial charge in [-0.15, -0.1) is 4.90 Å². The van der Waals surface area contributed by atoms with E-state index in [1.807, 2.05) is 6.33 Å². The number of amides is 2. The minimum atomic E-state index is -0.935. The molecule has 1 saturated carbocycles. The summed E-state index contributed by atoms with van der Waals surface area (Å²) >= 11 is 0. The molecule has 220 valence electrons. The fraction of sp³-hybridized carbons (Fsp3) is 0.607. The molecule has 0 aromatic carbocycles. The first-order valence-electron chi connectivity index (χ1n) is 13.9. The number of hydrogen-bond donors (Lipinski definition) is 0. The third-order valence-corrected chi connectivity index (χ3v) is 6.47. The first kappa shape index (κ1) is 28.7. The summed E-state index contributed by atoms with van der Waals surface area (Å²) in [5.74, 6) is 1.63. The number of imide groups is 1. The highest BCUT2D eigenvalue weighted by molar-refractivity contribution is 6.08. The van der Waals surface area contributed by atoms with E-state index in [0.717, 1.165) is 23.5 Å². The average molecular weight is 567 g/mol. The van der Waals surface area contributed by atoms with Crippen molar-refractivity contribution in [2.24, 2.45) is 5.92 Å². The van der Waals surface area contributed by atoms with Crippen LogP contribution in [-0.4, -0.2) is 79.2 Å². The normalized spacial score (nSPS) is 16.1. The van der Waals surface area contributed by atoms with E-state index in [9.17, 15) is 9.59 Å². The number of rotatable bonds is 5. The topological polar surface area (TPSA) is 138 Å². The van der Waals surface area contributed by atoms with Crippen LogP contribution < -0.4 is 9.80 Å². The Balaban J connectivity index is 1.55. The molecule has 0 N–H and O–H groups in total. The Labute approximate surface area is 239 Å². The van der Waals surface area contributed by atoms with Gasteiger partial charge in [0.25, 0.3) is 0 Å². The zero-order valence-corrected chi connectivity index (χ0v) is 24.8. The number of imidazole rings is 1. The van der Waals surface area contributed by atoms with Gasteiger partial charge in [0, 0.05) is 25.8 Å². The van der Waals surface area contributed by atoms with Crippen LogP contribution in [-0.2, 0) is 20.8 Å². The summed E-state index contributed by atoms with van der Waals surface area (Å²) in [5.41, 5.74) is 0.831. The molecule has 0 bridgehead atoms. The molecular weight excluding hydrogens is 528 g/mol. The van der Waals surface area contributed by atoms with Gasteiger partial charge in [0.05, 0.1) is 30.8 Å². The molecule has 0 spiro atoms. The molecule has 1 saturated heterocycles. The third kappa shape index (κ3) is 6.72. The number of carbonyl (C=O) groups excluding carboxylic acids is 2. The van der Waals surface area contributed by atoms with E-state index in [4.69, 9.17) is 24.2 Å². The summed E-state index contributed by atoms with van der Waals surface area (Å²) in [6, 6.07) is 0. The lowest BCUT2D eigenvalue weighted by atomic mass is 10.2. The molecule has 2 amide bonds.